The monoisotopic (exact) mass is 330 g/mol. The van der Waals surface area contributed by atoms with Crippen LogP contribution in [0.25, 0.3) is 0 Å². The number of quaternary nitrogens is 1. The molecule has 0 amide bonds. The third-order valence-corrected chi connectivity index (χ3v) is 4.51. The summed E-state index contributed by atoms with van der Waals surface area (Å²) in [6.07, 6.45) is 0. The highest BCUT2D eigenvalue weighted by molar-refractivity contribution is 7.80. The number of nitrogens with zero attached hydrogens (tertiary/aromatic N) is 1. The van der Waals surface area contributed by atoms with E-state index in [1.165, 1.54) is 17.7 Å². The standard InChI is InChI=1S/C18H20FN3S/c19-16-6-8-17(9-7-16)20-18(23)22-12-10-21(11-13-22)14-15-4-2-1-3-5-15/h1-9H,10-14H2,(H,20,23)/p+1. The minimum absolute atomic E-state index is 0.236. The van der Waals surface area contributed by atoms with Crippen molar-refractivity contribution < 1.29 is 9.29 Å². The number of benzene rings is 2. The summed E-state index contributed by atoms with van der Waals surface area (Å²) in [4.78, 5) is 3.77. The number of anilines is 1. The second-order valence-electron chi connectivity index (χ2n) is 5.84. The average molecular weight is 330 g/mol. The molecule has 1 saturated heterocycles. The van der Waals surface area contributed by atoms with Gasteiger partial charge in [0, 0.05) is 11.3 Å². The molecule has 23 heavy (non-hydrogen) atoms. The van der Waals surface area contributed by atoms with Crippen molar-refractivity contribution in [2.24, 2.45) is 0 Å². The first-order valence-electron chi connectivity index (χ1n) is 7.90. The third kappa shape index (κ3) is 4.50. The zero-order chi connectivity index (χ0) is 16.1. The van der Waals surface area contributed by atoms with Gasteiger partial charge in [0.05, 0.1) is 26.2 Å². The first-order chi connectivity index (χ1) is 11.2. The van der Waals surface area contributed by atoms with Gasteiger partial charge in [-0.15, -0.1) is 0 Å². The van der Waals surface area contributed by atoms with E-state index < -0.39 is 0 Å². The molecule has 1 fully saturated rings. The van der Waals surface area contributed by atoms with Gasteiger partial charge in [-0.1, -0.05) is 30.3 Å². The maximum Gasteiger partial charge on any atom is 0.173 e. The van der Waals surface area contributed by atoms with Gasteiger partial charge in [0.2, 0.25) is 0 Å². The van der Waals surface area contributed by atoms with Gasteiger partial charge in [-0.05, 0) is 36.5 Å². The highest BCUT2D eigenvalue weighted by Crippen LogP contribution is 2.09. The summed E-state index contributed by atoms with van der Waals surface area (Å²) in [5.41, 5.74) is 2.21. The van der Waals surface area contributed by atoms with E-state index >= 15 is 0 Å². The Bertz CT molecular complexity index is 637. The second-order valence-corrected chi connectivity index (χ2v) is 6.22. The number of hydrogen-bond donors (Lipinski definition) is 2. The highest BCUT2D eigenvalue weighted by atomic mass is 32.1. The van der Waals surface area contributed by atoms with Crippen LogP contribution in [0.1, 0.15) is 5.56 Å². The predicted molar refractivity (Wildman–Crippen MR) is 95.0 cm³/mol. The maximum atomic E-state index is 12.9. The zero-order valence-corrected chi connectivity index (χ0v) is 13.8. The largest absolute Gasteiger partial charge is 0.338 e. The van der Waals surface area contributed by atoms with Crippen LogP contribution < -0.4 is 10.2 Å². The Hall–Kier alpha value is -1.98. The van der Waals surface area contributed by atoms with Gasteiger partial charge in [0.15, 0.2) is 5.11 Å². The van der Waals surface area contributed by atoms with Gasteiger partial charge in [-0.25, -0.2) is 4.39 Å². The summed E-state index contributed by atoms with van der Waals surface area (Å²) in [6.45, 7) is 5.08. The SMILES string of the molecule is Fc1ccc(NC(=S)N2CC[NH+](Cc3ccccc3)CC2)cc1. The van der Waals surface area contributed by atoms with Crippen molar-refractivity contribution in [3.63, 3.8) is 0 Å². The first-order valence-corrected chi connectivity index (χ1v) is 8.30. The molecular formula is C18H21FN3S+. The van der Waals surface area contributed by atoms with E-state index in [9.17, 15) is 4.39 Å². The smallest absolute Gasteiger partial charge is 0.173 e. The van der Waals surface area contributed by atoms with Gasteiger partial charge in [0.1, 0.15) is 12.4 Å². The minimum Gasteiger partial charge on any atom is -0.338 e. The topological polar surface area (TPSA) is 19.7 Å². The second kappa shape index (κ2) is 7.53. The lowest BCUT2D eigenvalue weighted by Crippen LogP contribution is -3.13. The Labute approximate surface area is 141 Å². The number of hydrogen-bond acceptors (Lipinski definition) is 1. The average Bonchev–Trinajstić information content (AvgIpc) is 2.58. The van der Waals surface area contributed by atoms with Crippen molar-refractivity contribution in [1.82, 2.24) is 4.90 Å². The number of halogens is 1. The van der Waals surface area contributed by atoms with Crippen molar-refractivity contribution in [2.75, 3.05) is 31.5 Å². The van der Waals surface area contributed by atoms with E-state index in [1.807, 2.05) is 0 Å². The molecule has 0 unspecified atom stereocenters. The summed E-state index contributed by atoms with van der Waals surface area (Å²) >= 11 is 5.47. The summed E-state index contributed by atoms with van der Waals surface area (Å²) in [5, 5.41) is 3.90. The molecule has 0 radical (unpaired) electrons. The van der Waals surface area contributed by atoms with Crippen LogP contribution in [0.15, 0.2) is 54.6 Å². The number of rotatable bonds is 3. The van der Waals surface area contributed by atoms with Crippen molar-refractivity contribution in [3.8, 4) is 0 Å². The molecular weight excluding hydrogens is 309 g/mol. The van der Waals surface area contributed by atoms with Crippen LogP contribution >= 0.6 is 12.2 Å². The van der Waals surface area contributed by atoms with Gasteiger partial charge in [0.25, 0.3) is 0 Å². The summed E-state index contributed by atoms with van der Waals surface area (Å²) < 4.78 is 12.9. The fraction of sp³-hybridized carbons (Fsp3) is 0.278. The Morgan fingerprint density at radius 2 is 1.70 bits per heavy atom. The molecule has 0 spiro atoms. The molecule has 0 aromatic heterocycles. The Kier molecular flexibility index (Phi) is 5.20. The van der Waals surface area contributed by atoms with Crippen LogP contribution in [-0.2, 0) is 6.54 Å². The van der Waals surface area contributed by atoms with Crippen LogP contribution in [0.4, 0.5) is 10.1 Å². The van der Waals surface area contributed by atoms with E-state index in [4.69, 9.17) is 12.2 Å². The third-order valence-electron chi connectivity index (χ3n) is 4.15. The van der Waals surface area contributed by atoms with Crippen molar-refractivity contribution in [3.05, 3.63) is 66.0 Å². The Balaban J connectivity index is 1.48. The first kappa shape index (κ1) is 15.9. The molecule has 2 N–H and O–H groups in total. The number of thiocarbonyl (C=S) groups is 1. The molecule has 0 atom stereocenters. The van der Waals surface area contributed by atoms with E-state index in [-0.39, 0.29) is 5.82 Å². The fourth-order valence-corrected chi connectivity index (χ4v) is 3.12. The predicted octanol–water partition coefficient (Wildman–Crippen LogP) is 1.92. The molecule has 3 nitrogen and oxygen atoms in total. The molecule has 0 aliphatic carbocycles. The van der Waals surface area contributed by atoms with Crippen molar-refractivity contribution in [1.29, 1.82) is 0 Å². The van der Waals surface area contributed by atoms with Crippen LogP contribution in [0, 0.1) is 5.82 Å². The molecule has 2 aromatic rings. The molecule has 1 heterocycles. The lowest BCUT2D eigenvalue weighted by atomic mass is 10.2. The van der Waals surface area contributed by atoms with Crippen LogP contribution in [0.5, 0.6) is 0 Å². The lowest BCUT2D eigenvalue weighted by molar-refractivity contribution is -0.917. The van der Waals surface area contributed by atoms with Crippen molar-refractivity contribution in [2.45, 2.75) is 6.54 Å². The van der Waals surface area contributed by atoms with Gasteiger partial charge in [-0.2, -0.15) is 0 Å². The summed E-state index contributed by atoms with van der Waals surface area (Å²) in [7, 11) is 0. The van der Waals surface area contributed by atoms with Crippen molar-refractivity contribution >= 4 is 23.0 Å². The molecule has 1 aliphatic heterocycles. The Morgan fingerprint density at radius 1 is 1.04 bits per heavy atom. The van der Waals surface area contributed by atoms with Crippen LogP contribution in [0.3, 0.4) is 0 Å². The molecule has 5 heteroatoms. The summed E-state index contributed by atoms with van der Waals surface area (Å²) in [6, 6.07) is 16.9. The van der Waals surface area contributed by atoms with E-state index in [0.717, 1.165) is 43.5 Å². The molecule has 0 saturated carbocycles. The summed E-state index contributed by atoms with van der Waals surface area (Å²) in [5.74, 6) is -0.236. The number of piperazine rings is 1. The number of nitrogens with one attached hydrogen (secondary N) is 2. The zero-order valence-electron chi connectivity index (χ0n) is 13.0. The fourth-order valence-electron chi connectivity index (χ4n) is 2.82. The van der Waals surface area contributed by atoms with E-state index in [1.54, 1.807) is 17.0 Å². The lowest BCUT2D eigenvalue weighted by Gasteiger charge is -2.33. The molecule has 1 aliphatic rings. The highest BCUT2D eigenvalue weighted by Gasteiger charge is 2.21. The van der Waals surface area contributed by atoms with Crippen LogP contribution in [0.2, 0.25) is 0 Å². The Morgan fingerprint density at radius 3 is 2.35 bits per heavy atom. The van der Waals surface area contributed by atoms with E-state index in [2.05, 4.69) is 40.5 Å². The van der Waals surface area contributed by atoms with Gasteiger partial charge >= 0.3 is 0 Å². The minimum atomic E-state index is -0.236. The molecule has 0 bridgehead atoms. The molecule has 2 aromatic carbocycles. The molecule has 120 valence electrons. The normalized spacial score (nSPS) is 15.4. The van der Waals surface area contributed by atoms with Gasteiger partial charge in [-0.3, -0.25) is 0 Å². The maximum absolute atomic E-state index is 12.9. The quantitative estimate of drug-likeness (QED) is 0.839. The van der Waals surface area contributed by atoms with Gasteiger partial charge < -0.3 is 15.1 Å². The van der Waals surface area contributed by atoms with E-state index in [0.29, 0.717) is 0 Å². The van der Waals surface area contributed by atoms with Crippen LogP contribution in [-0.4, -0.2) is 36.2 Å². The molecule has 3 rings (SSSR count).